The summed E-state index contributed by atoms with van der Waals surface area (Å²) in [5.74, 6) is -1.60. The van der Waals surface area contributed by atoms with Crippen LogP contribution in [0.3, 0.4) is 0 Å². The monoisotopic (exact) mass is 1030 g/mol. The van der Waals surface area contributed by atoms with Crippen LogP contribution in [0.1, 0.15) is 69.9 Å². The molecule has 0 bridgehead atoms. The van der Waals surface area contributed by atoms with E-state index >= 15 is 0 Å². The molecule has 23 heteroatoms. The predicted octanol–water partition coefficient (Wildman–Crippen LogP) is 3.81. The van der Waals surface area contributed by atoms with Crippen LogP contribution in [0, 0.1) is 0 Å². The number of unbranched alkanes of at least 4 members (excludes halogenated alkanes) is 2. The molecule has 20 nitrogen and oxygen atoms in total. The molecule has 1 N–H and O–H groups in total. The number of anilines is 1. The van der Waals surface area contributed by atoms with Gasteiger partial charge >= 0.3 is 5.97 Å². The highest BCUT2D eigenvalue weighted by molar-refractivity contribution is 7.86. The first kappa shape index (κ1) is 57.9. The van der Waals surface area contributed by atoms with E-state index in [2.05, 4.69) is 0 Å². The molecule has 0 radical (unpaired) electrons. The summed E-state index contributed by atoms with van der Waals surface area (Å²) in [5, 5.41) is 9.21. The van der Waals surface area contributed by atoms with Crippen LogP contribution in [-0.2, 0) is 79.1 Å². The zero-order chi connectivity index (χ0) is 50.7. The Labute approximate surface area is 406 Å². The number of nitrogens with zero attached hydrogens (tertiary/aromatic N) is 2. The molecule has 2 aromatic carbocycles. The van der Waals surface area contributed by atoms with Crippen LogP contribution >= 0.6 is 0 Å². The average molecular weight is 1030 g/mol. The van der Waals surface area contributed by atoms with Gasteiger partial charge in [-0.05, 0) is 87.9 Å². The van der Waals surface area contributed by atoms with Crippen molar-refractivity contribution in [3.8, 4) is 0 Å². The third-order valence-corrected chi connectivity index (χ3v) is 14.5. The highest BCUT2D eigenvalue weighted by atomic mass is 32.2. The largest absolute Gasteiger partial charge is 0.748 e. The number of carboxylic acids is 1. The van der Waals surface area contributed by atoms with Crippen LogP contribution in [0.4, 0.5) is 11.4 Å². The number of hydrogen-bond donors (Lipinski definition) is 1. The van der Waals surface area contributed by atoms with E-state index in [4.69, 9.17) is 33.2 Å². The van der Waals surface area contributed by atoms with Crippen molar-refractivity contribution in [1.29, 1.82) is 0 Å². The molecule has 2 aliphatic rings. The number of rotatable bonds is 35. The molecular formula is C46H66N2O18S3-2. The van der Waals surface area contributed by atoms with Crippen molar-refractivity contribution in [3.63, 3.8) is 0 Å². The van der Waals surface area contributed by atoms with Crippen LogP contribution in [0.5, 0.6) is 0 Å². The molecule has 69 heavy (non-hydrogen) atoms. The molecule has 0 spiro atoms. The lowest BCUT2D eigenvalue weighted by Gasteiger charge is -2.30. The van der Waals surface area contributed by atoms with E-state index in [0.29, 0.717) is 119 Å². The molecule has 0 fully saturated rings. The van der Waals surface area contributed by atoms with Crippen molar-refractivity contribution >= 4 is 53.4 Å². The Balaban J connectivity index is 1.64. The highest BCUT2D eigenvalue weighted by Crippen LogP contribution is 2.51. The highest BCUT2D eigenvalue weighted by Gasteiger charge is 2.48. The minimum atomic E-state index is -4.92. The van der Waals surface area contributed by atoms with Gasteiger partial charge in [0.2, 0.25) is 5.69 Å². The van der Waals surface area contributed by atoms with E-state index in [1.165, 1.54) is 37.4 Å². The van der Waals surface area contributed by atoms with Crippen molar-refractivity contribution in [1.82, 2.24) is 0 Å². The van der Waals surface area contributed by atoms with Gasteiger partial charge in [0.15, 0.2) is 12.3 Å². The SMILES string of the molecule is COCCOCCOCCOCCOCCOCC[N+]1=C(/C=C/C=C2/N(CCCCCC(=O)O)c3ccc(S(=O)(=O)[O-])cc3C2(C)CCOC)C(C)(CCCS(=O)(=O)[O-])c2cc(S(=O)(=O)[O-])ccc21. The number of ether oxygens (including phenoxy) is 7. The van der Waals surface area contributed by atoms with E-state index in [1.807, 2.05) is 22.5 Å². The first-order valence-electron chi connectivity index (χ1n) is 22.7. The second kappa shape index (κ2) is 27.2. The minimum Gasteiger partial charge on any atom is -0.748 e. The number of fused-ring (bicyclic) bond motifs is 2. The Morgan fingerprint density at radius 2 is 1.20 bits per heavy atom. The van der Waals surface area contributed by atoms with Gasteiger partial charge in [0, 0.05) is 74.1 Å². The van der Waals surface area contributed by atoms with Gasteiger partial charge < -0.3 is 56.8 Å². The molecule has 2 heterocycles. The smallest absolute Gasteiger partial charge is 0.303 e. The molecule has 2 aliphatic heterocycles. The molecule has 2 aromatic rings. The number of methoxy groups -OCH3 is 2. The lowest BCUT2D eigenvalue weighted by molar-refractivity contribution is -0.442. The Morgan fingerprint density at radius 3 is 1.74 bits per heavy atom. The third-order valence-electron chi connectivity index (χ3n) is 12.0. The number of carboxylic acid groups (broad SMARTS) is 1. The van der Waals surface area contributed by atoms with Gasteiger partial charge in [0.25, 0.3) is 0 Å². The summed E-state index contributed by atoms with van der Waals surface area (Å²) in [4.78, 5) is 12.4. The lowest BCUT2D eigenvalue weighted by atomic mass is 9.75. The van der Waals surface area contributed by atoms with Crippen molar-refractivity contribution in [2.24, 2.45) is 0 Å². The molecule has 2 unspecified atom stereocenters. The summed E-state index contributed by atoms with van der Waals surface area (Å²) in [5.41, 5.74) is 1.45. The first-order chi connectivity index (χ1) is 32.7. The number of aliphatic carboxylic acids is 1. The van der Waals surface area contributed by atoms with E-state index in [9.17, 15) is 48.8 Å². The number of carbonyl (C=O) groups is 1. The summed E-state index contributed by atoms with van der Waals surface area (Å²) in [6.07, 6.45) is 7.32. The van der Waals surface area contributed by atoms with E-state index < -0.39 is 62.7 Å². The number of allylic oxidation sites excluding steroid dienone is 4. The predicted molar refractivity (Wildman–Crippen MR) is 250 cm³/mol. The molecule has 0 saturated carbocycles. The van der Waals surface area contributed by atoms with Crippen molar-refractivity contribution < 1.29 is 86.5 Å². The maximum Gasteiger partial charge on any atom is 0.303 e. The first-order valence-corrected chi connectivity index (χ1v) is 27.1. The molecule has 2 atom stereocenters. The summed E-state index contributed by atoms with van der Waals surface area (Å²) < 4.78 is 149. The lowest BCUT2D eigenvalue weighted by Crippen LogP contribution is -2.33. The van der Waals surface area contributed by atoms with E-state index in [0.717, 1.165) is 0 Å². The minimum absolute atomic E-state index is 0.00321. The summed E-state index contributed by atoms with van der Waals surface area (Å²) in [7, 11) is -11.3. The topological polar surface area (TPSA) is 280 Å². The molecule has 4 rings (SSSR count). The molecule has 0 amide bonds. The fourth-order valence-corrected chi connectivity index (χ4v) is 10.0. The summed E-state index contributed by atoms with van der Waals surface area (Å²) >= 11 is 0. The molecule has 0 aliphatic carbocycles. The van der Waals surface area contributed by atoms with Crippen LogP contribution in [0.25, 0.3) is 0 Å². The van der Waals surface area contributed by atoms with Gasteiger partial charge in [-0.25, -0.2) is 25.3 Å². The Morgan fingerprint density at radius 1 is 0.667 bits per heavy atom. The molecule has 0 aromatic heterocycles. The van der Waals surface area contributed by atoms with Crippen LogP contribution < -0.4 is 4.90 Å². The Kier molecular flexibility index (Phi) is 22.8. The average Bonchev–Trinajstić information content (AvgIpc) is 3.65. The van der Waals surface area contributed by atoms with Gasteiger partial charge in [0.05, 0.1) is 91.4 Å². The number of hydrogen-bond acceptors (Lipinski definition) is 18. The molecular weight excluding hydrogens is 965 g/mol. The quantitative estimate of drug-likeness (QED) is 0.0584. The standard InChI is InChI=1S/C46H68N2O18S3/c1-45(17-9-33-67(51,52)53)38-34-36(68(54,55)56)14-16-41(38)48(20-22-62-25-26-64-29-30-66-32-31-65-28-27-63-24-23-61-4)42(45)10-8-11-43-46(2,18-21-60-3)39-35-37(69(57,58)59)13-15-40(39)47(43)19-7-5-6-12-44(49)50/h8,10-11,13-16,34-35H,5-7,9,12,17-33H2,1-4H3,(H3-,49,50,51,52,53,54,55,56,57,58,59)/p-2. The zero-order valence-electron chi connectivity index (χ0n) is 39.8. The van der Waals surface area contributed by atoms with E-state index in [-0.39, 0.29) is 52.2 Å². The Bertz CT molecular complexity index is 2440. The van der Waals surface area contributed by atoms with Gasteiger partial charge in [-0.2, -0.15) is 4.58 Å². The van der Waals surface area contributed by atoms with Gasteiger partial charge in [-0.1, -0.05) is 12.5 Å². The van der Waals surface area contributed by atoms with Gasteiger partial charge in [-0.3, -0.25) is 4.79 Å². The fourth-order valence-electron chi connectivity index (χ4n) is 8.52. The summed E-state index contributed by atoms with van der Waals surface area (Å²) in [6, 6.07) is 8.21. The molecule has 388 valence electrons. The third kappa shape index (κ3) is 17.3. The normalized spacial score (nSPS) is 19.1. The van der Waals surface area contributed by atoms with Crippen LogP contribution in [-0.4, -0.2) is 173 Å². The van der Waals surface area contributed by atoms with Gasteiger partial charge in [-0.15, -0.1) is 0 Å². The zero-order valence-corrected chi connectivity index (χ0v) is 42.2. The van der Waals surface area contributed by atoms with Crippen molar-refractivity contribution in [2.45, 2.75) is 79.4 Å². The Hall–Kier alpha value is -3.69. The van der Waals surface area contributed by atoms with Crippen molar-refractivity contribution in [3.05, 3.63) is 71.5 Å². The maximum atomic E-state index is 12.3. The number of benzene rings is 2. The maximum absolute atomic E-state index is 12.3. The van der Waals surface area contributed by atoms with Crippen molar-refractivity contribution in [2.75, 3.05) is 117 Å². The summed E-state index contributed by atoms with van der Waals surface area (Å²) in [6.45, 7) is 8.58. The fraction of sp³-hybridized carbons (Fsp3) is 0.609. The van der Waals surface area contributed by atoms with Gasteiger partial charge in [0.1, 0.15) is 26.8 Å². The van der Waals surface area contributed by atoms with Crippen LogP contribution in [0.2, 0.25) is 0 Å². The molecule has 0 saturated heterocycles. The van der Waals surface area contributed by atoms with E-state index in [1.54, 1.807) is 32.3 Å². The second-order valence-corrected chi connectivity index (χ2v) is 21.2. The second-order valence-electron chi connectivity index (χ2n) is 16.9. The van der Waals surface area contributed by atoms with Crippen LogP contribution in [0.15, 0.2) is 70.1 Å².